The maximum Gasteiger partial charge on any atom is 0.123 e. The van der Waals surface area contributed by atoms with E-state index in [9.17, 15) is 0 Å². The summed E-state index contributed by atoms with van der Waals surface area (Å²) in [6.07, 6.45) is 0. The van der Waals surface area contributed by atoms with Gasteiger partial charge in [-0.25, -0.2) is 4.98 Å². The average molecular weight is 211 g/mol. The Kier molecular flexibility index (Phi) is 4.78. The van der Waals surface area contributed by atoms with Gasteiger partial charge < -0.3 is 14.6 Å². The van der Waals surface area contributed by atoms with Crippen molar-refractivity contribution >= 4 is 0 Å². The molecular formula is C11H21N3O. The molecule has 1 aromatic heterocycles. The average Bonchev–Trinajstić information content (AvgIpc) is 2.50. The fraction of sp³-hybridized carbons (Fsp3) is 0.727. The summed E-state index contributed by atoms with van der Waals surface area (Å²) in [6.45, 7) is 9.72. The first-order valence-corrected chi connectivity index (χ1v) is 5.43. The fourth-order valence-electron chi connectivity index (χ4n) is 1.65. The Morgan fingerprint density at radius 1 is 1.40 bits per heavy atom. The van der Waals surface area contributed by atoms with Crippen molar-refractivity contribution in [2.24, 2.45) is 0 Å². The maximum absolute atomic E-state index is 4.98. The van der Waals surface area contributed by atoms with Crippen molar-refractivity contribution in [3.05, 3.63) is 17.2 Å². The summed E-state index contributed by atoms with van der Waals surface area (Å²) in [5.41, 5.74) is 2.39. The van der Waals surface area contributed by atoms with Crippen molar-refractivity contribution in [1.29, 1.82) is 0 Å². The van der Waals surface area contributed by atoms with E-state index >= 15 is 0 Å². The van der Waals surface area contributed by atoms with Crippen LogP contribution in [0.3, 0.4) is 0 Å². The molecule has 1 aromatic rings. The molecule has 0 saturated heterocycles. The van der Waals surface area contributed by atoms with E-state index < -0.39 is 0 Å². The summed E-state index contributed by atoms with van der Waals surface area (Å²) < 4.78 is 7.22. The molecule has 86 valence electrons. The Bertz CT molecular complexity index is 307. The van der Waals surface area contributed by atoms with Gasteiger partial charge in [0.1, 0.15) is 5.82 Å². The van der Waals surface area contributed by atoms with Crippen molar-refractivity contribution in [2.45, 2.75) is 33.9 Å². The second kappa shape index (κ2) is 5.88. The molecule has 4 nitrogen and oxygen atoms in total. The molecule has 1 heterocycles. The standard InChI is InChI=1S/C11H21N3O/c1-5-14-10(3)9(2)13-11(14)8-12-6-7-15-4/h12H,5-8H2,1-4H3. The van der Waals surface area contributed by atoms with Gasteiger partial charge in [0, 0.05) is 25.9 Å². The largest absolute Gasteiger partial charge is 0.383 e. The number of methoxy groups -OCH3 is 1. The number of aryl methyl sites for hydroxylation is 1. The third-order valence-electron chi connectivity index (χ3n) is 2.62. The van der Waals surface area contributed by atoms with E-state index in [2.05, 4.69) is 35.6 Å². The van der Waals surface area contributed by atoms with E-state index in [4.69, 9.17) is 4.74 Å². The topological polar surface area (TPSA) is 39.1 Å². The van der Waals surface area contributed by atoms with Gasteiger partial charge in [-0.15, -0.1) is 0 Å². The number of imidazole rings is 1. The summed E-state index contributed by atoms with van der Waals surface area (Å²) in [4.78, 5) is 4.54. The smallest absolute Gasteiger partial charge is 0.123 e. The molecule has 1 N–H and O–H groups in total. The van der Waals surface area contributed by atoms with Gasteiger partial charge in [-0.3, -0.25) is 0 Å². The normalized spacial score (nSPS) is 10.9. The van der Waals surface area contributed by atoms with Crippen molar-refractivity contribution in [3.63, 3.8) is 0 Å². The molecule has 0 unspecified atom stereocenters. The summed E-state index contributed by atoms with van der Waals surface area (Å²) in [6, 6.07) is 0. The second-order valence-electron chi connectivity index (χ2n) is 3.61. The molecule has 0 bridgehead atoms. The number of hydrogen-bond donors (Lipinski definition) is 1. The van der Waals surface area contributed by atoms with Gasteiger partial charge in [0.2, 0.25) is 0 Å². The number of rotatable bonds is 6. The highest BCUT2D eigenvalue weighted by Gasteiger charge is 2.08. The SMILES string of the molecule is CCn1c(CNCCOC)nc(C)c1C. The van der Waals surface area contributed by atoms with Crippen LogP contribution in [-0.2, 0) is 17.8 Å². The molecule has 0 aliphatic heterocycles. The highest BCUT2D eigenvalue weighted by atomic mass is 16.5. The van der Waals surface area contributed by atoms with Crippen molar-refractivity contribution in [3.8, 4) is 0 Å². The van der Waals surface area contributed by atoms with Crippen molar-refractivity contribution in [2.75, 3.05) is 20.3 Å². The molecule has 0 saturated carbocycles. The van der Waals surface area contributed by atoms with Crippen LogP contribution in [0.4, 0.5) is 0 Å². The third-order valence-corrected chi connectivity index (χ3v) is 2.62. The molecule has 0 atom stereocenters. The molecular weight excluding hydrogens is 190 g/mol. The number of aromatic nitrogens is 2. The molecule has 0 spiro atoms. The molecule has 1 rings (SSSR count). The number of ether oxygens (including phenoxy) is 1. The number of hydrogen-bond acceptors (Lipinski definition) is 3. The minimum atomic E-state index is 0.741. The minimum absolute atomic E-state index is 0.741. The Morgan fingerprint density at radius 3 is 2.73 bits per heavy atom. The van der Waals surface area contributed by atoms with Gasteiger partial charge in [-0.05, 0) is 20.8 Å². The Labute approximate surface area is 91.7 Å². The highest BCUT2D eigenvalue weighted by Crippen LogP contribution is 2.09. The molecule has 0 aliphatic rings. The summed E-state index contributed by atoms with van der Waals surface area (Å²) in [5.74, 6) is 1.11. The molecule has 15 heavy (non-hydrogen) atoms. The first-order valence-electron chi connectivity index (χ1n) is 5.43. The predicted molar refractivity (Wildman–Crippen MR) is 61.0 cm³/mol. The lowest BCUT2D eigenvalue weighted by Crippen LogP contribution is -2.21. The minimum Gasteiger partial charge on any atom is -0.383 e. The van der Waals surface area contributed by atoms with E-state index in [1.807, 2.05) is 0 Å². The van der Waals surface area contributed by atoms with Gasteiger partial charge in [-0.2, -0.15) is 0 Å². The molecule has 0 radical (unpaired) electrons. The zero-order valence-corrected chi connectivity index (χ0v) is 10.1. The number of nitrogens with one attached hydrogen (secondary N) is 1. The predicted octanol–water partition coefficient (Wildman–Crippen LogP) is 1.26. The van der Waals surface area contributed by atoms with E-state index in [0.29, 0.717) is 0 Å². The fourth-order valence-corrected chi connectivity index (χ4v) is 1.65. The van der Waals surface area contributed by atoms with Gasteiger partial charge >= 0.3 is 0 Å². The zero-order valence-electron chi connectivity index (χ0n) is 10.1. The monoisotopic (exact) mass is 211 g/mol. The number of nitrogens with zero attached hydrogens (tertiary/aromatic N) is 2. The van der Waals surface area contributed by atoms with E-state index in [1.165, 1.54) is 5.69 Å². The van der Waals surface area contributed by atoms with Crippen LogP contribution in [0, 0.1) is 13.8 Å². The molecule has 0 aliphatic carbocycles. The maximum atomic E-state index is 4.98. The Balaban J connectivity index is 2.56. The van der Waals surface area contributed by atoms with Crippen molar-refractivity contribution in [1.82, 2.24) is 14.9 Å². The highest BCUT2D eigenvalue weighted by molar-refractivity contribution is 5.14. The lowest BCUT2D eigenvalue weighted by atomic mass is 10.4. The van der Waals surface area contributed by atoms with Crippen LogP contribution in [0.5, 0.6) is 0 Å². The van der Waals surface area contributed by atoms with Gasteiger partial charge in [0.15, 0.2) is 0 Å². The van der Waals surface area contributed by atoms with Gasteiger partial charge in [0.05, 0.1) is 18.8 Å². The van der Waals surface area contributed by atoms with Crippen LogP contribution in [0.25, 0.3) is 0 Å². The molecule has 0 amide bonds. The summed E-state index contributed by atoms with van der Waals surface area (Å²) in [5, 5.41) is 3.31. The van der Waals surface area contributed by atoms with Crippen LogP contribution < -0.4 is 5.32 Å². The Morgan fingerprint density at radius 2 is 2.13 bits per heavy atom. The zero-order chi connectivity index (χ0) is 11.3. The molecule has 0 fully saturated rings. The van der Waals surface area contributed by atoms with Crippen molar-refractivity contribution < 1.29 is 4.74 Å². The van der Waals surface area contributed by atoms with Gasteiger partial charge in [-0.1, -0.05) is 0 Å². The quantitative estimate of drug-likeness (QED) is 0.720. The summed E-state index contributed by atoms with van der Waals surface area (Å²) >= 11 is 0. The van der Waals surface area contributed by atoms with E-state index in [0.717, 1.165) is 37.8 Å². The lowest BCUT2D eigenvalue weighted by molar-refractivity contribution is 0.199. The summed E-state index contributed by atoms with van der Waals surface area (Å²) in [7, 11) is 1.71. The van der Waals surface area contributed by atoms with Crippen LogP contribution in [0.2, 0.25) is 0 Å². The molecule has 0 aromatic carbocycles. The van der Waals surface area contributed by atoms with Gasteiger partial charge in [0.25, 0.3) is 0 Å². The first kappa shape index (κ1) is 12.2. The van der Waals surface area contributed by atoms with Crippen LogP contribution >= 0.6 is 0 Å². The second-order valence-corrected chi connectivity index (χ2v) is 3.61. The molecule has 4 heteroatoms. The van der Waals surface area contributed by atoms with Crippen LogP contribution in [0.1, 0.15) is 24.1 Å². The van der Waals surface area contributed by atoms with E-state index in [-0.39, 0.29) is 0 Å². The first-order chi connectivity index (χ1) is 7.20. The van der Waals surface area contributed by atoms with Crippen LogP contribution in [0.15, 0.2) is 0 Å². The third kappa shape index (κ3) is 3.04. The van der Waals surface area contributed by atoms with E-state index in [1.54, 1.807) is 7.11 Å². The Hall–Kier alpha value is -0.870. The van der Waals surface area contributed by atoms with Crippen LogP contribution in [-0.4, -0.2) is 29.8 Å². The lowest BCUT2D eigenvalue weighted by Gasteiger charge is -2.07.